The summed E-state index contributed by atoms with van der Waals surface area (Å²) in [6.07, 6.45) is 0. The fourth-order valence-electron chi connectivity index (χ4n) is 8.31. The number of hydrogen-bond donors (Lipinski definition) is 0. The summed E-state index contributed by atoms with van der Waals surface area (Å²) < 4.78 is 6.77. The highest BCUT2D eigenvalue weighted by atomic mass is 16.5. The van der Waals surface area contributed by atoms with Gasteiger partial charge in [0, 0.05) is 27.6 Å². The third-order valence-electron chi connectivity index (χ3n) is 11.0. The Morgan fingerprint density at radius 3 is 1.56 bits per heavy atom. The maximum atomic E-state index is 6.77. The van der Waals surface area contributed by atoms with Crippen LogP contribution in [0.3, 0.4) is 0 Å². The molecular formula is C53H33N3O. The third kappa shape index (κ3) is 5.66. The SMILES string of the molecule is c1ccc(-c2cccc(-c3ccc4c5c(cccc35)-c3c(cccc3-c3nc(-c5ccccc5)nc(-c5ccc(-c6ccccc6)c6ccccc56)n3)O4)c2)cc1. The Labute approximate surface area is 330 Å². The number of ether oxygens (including phenoxy) is 1. The van der Waals surface area contributed by atoms with E-state index in [9.17, 15) is 0 Å². The third-order valence-corrected chi connectivity index (χ3v) is 11.0. The molecule has 11 rings (SSSR count). The highest BCUT2D eigenvalue weighted by Crippen LogP contribution is 2.51. The van der Waals surface area contributed by atoms with Crippen molar-refractivity contribution in [1.82, 2.24) is 15.0 Å². The van der Waals surface area contributed by atoms with Gasteiger partial charge >= 0.3 is 0 Å². The van der Waals surface area contributed by atoms with Crippen molar-refractivity contribution in [2.24, 2.45) is 0 Å². The molecule has 0 saturated heterocycles. The molecule has 0 aliphatic carbocycles. The van der Waals surface area contributed by atoms with Crippen LogP contribution in [-0.4, -0.2) is 15.0 Å². The lowest BCUT2D eigenvalue weighted by molar-refractivity contribution is 0.487. The number of nitrogens with zero attached hydrogens (tertiary/aromatic N) is 3. The van der Waals surface area contributed by atoms with E-state index >= 15 is 0 Å². The zero-order chi connectivity index (χ0) is 37.7. The summed E-state index contributed by atoms with van der Waals surface area (Å²) in [5.41, 5.74) is 11.8. The Morgan fingerprint density at radius 2 is 0.789 bits per heavy atom. The quantitative estimate of drug-likeness (QED) is 0.171. The van der Waals surface area contributed by atoms with Crippen molar-refractivity contribution < 1.29 is 4.74 Å². The van der Waals surface area contributed by atoms with Crippen LogP contribution in [0.25, 0.3) is 100 Å². The smallest absolute Gasteiger partial charge is 0.164 e. The Kier molecular flexibility index (Phi) is 7.78. The molecule has 0 saturated carbocycles. The summed E-state index contributed by atoms with van der Waals surface area (Å²) in [4.78, 5) is 15.7. The molecule has 1 aliphatic rings. The Hall–Kier alpha value is -7.69. The molecule has 9 aromatic carbocycles. The van der Waals surface area contributed by atoms with Gasteiger partial charge in [-0.3, -0.25) is 0 Å². The van der Waals surface area contributed by atoms with Gasteiger partial charge in [-0.25, -0.2) is 15.0 Å². The molecule has 266 valence electrons. The summed E-state index contributed by atoms with van der Waals surface area (Å²) in [5.74, 6) is 3.41. The molecule has 4 nitrogen and oxygen atoms in total. The number of fused-ring (bicyclic) bond motifs is 3. The van der Waals surface area contributed by atoms with Crippen molar-refractivity contribution in [1.29, 1.82) is 0 Å². The topological polar surface area (TPSA) is 47.9 Å². The van der Waals surface area contributed by atoms with Crippen LogP contribution in [0.2, 0.25) is 0 Å². The molecule has 1 aliphatic heterocycles. The molecule has 0 atom stereocenters. The lowest BCUT2D eigenvalue weighted by atomic mass is 9.88. The van der Waals surface area contributed by atoms with Gasteiger partial charge in [-0.1, -0.05) is 176 Å². The van der Waals surface area contributed by atoms with Crippen molar-refractivity contribution >= 4 is 21.5 Å². The Morgan fingerprint density at radius 1 is 0.281 bits per heavy atom. The molecule has 0 N–H and O–H groups in total. The number of benzene rings is 9. The Bertz CT molecular complexity index is 3140. The van der Waals surface area contributed by atoms with Crippen LogP contribution >= 0.6 is 0 Å². The maximum absolute atomic E-state index is 6.77. The predicted octanol–water partition coefficient (Wildman–Crippen LogP) is 14.0. The van der Waals surface area contributed by atoms with Crippen LogP contribution in [0.4, 0.5) is 0 Å². The van der Waals surface area contributed by atoms with Gasteiger partial charge < -0.3 is 4.74 Å². The predicted molar refractivity (Wildman–Crippen MR) is 233 cm³/mol. The fraction of sp³-hybridized carbons (Fsp3) is 0. The molecule has 10 aromatic rings. The zero-order valence-corrected chi connectivity index (χ0v) is 30.8. The molecule has 0 unspecified atom stereocenters. The second kappa shape index (κ2) is 13.6. The first-order chi connectivity index (χ1) is 28.3. The van der Waals surface area contributed by atoms with Gasteiger partial charge in [0.1, 0.15) is 11.5 Å². The molecule has 1 aromatic heterocycles. The summed E-state index contributed by atoms with van der Waals surface area (Å²) in [6.45, 7) is 0. The number of hydrogen-bond acceptors (Lipinski definition) is 4. The van der Waals surface area contributed by atoms with Crippen LogP contribution in [0, 0.1) is 0 Å². The van der Waals surface area contributed by atoms with Crippen LogP contribution in [-0.2, 0) is 0 Å². The van der Waals surface area contributed by atoms with Gasteiger partial charge in [0.05, 0.1) is 0 Å². The first-order valence-electron chi connectivity index (χ1n) is 19.2. The minimum atomic E-state index is 0.586. The largest absolute Gasteiger partial charge is 0.456 e. The van der Waals surface area contributed by atoms with E-state index in [1.165, 1.54) is 22.3 Å². The van der Waals surface area contributed by atoms with Crippen LogP contribution in [0.1, 0.15) is 0 Å². The normalized spacial score (nSPS) is 11.6. The van der Waals surface area contributed by atoms with E-state index in [1.807, 2.05) is 48.5 Å². The highest BCUT2D eigenvalue weighted by molar-refractivity contribution is 6.12. The van der Waals surface area contributed by atoms with Gasteiger partial charge in [0.2, 0.25) is 0 Å². The van der Waals surface area contributed by atoms with Gasteiger partial charge in [-0.05, 0) is 79.4 Å². The van der Waals surface area contributed by atoms with E-state index in [0.29, 0.717) is 17.5 Å². The minimum absolute atomic E-state index is 0.586. The summed E-state index contributed by atoms with van der Waals surface area (Å²) >= 11 is 0. The van der Waals surface area contributed by atoms with E-state index in [0.717, 1.165) is 72.0 Å². The summed E-state index contributed by atoms with van der Waals surface area (Å²) in [6, 6.07) is 69.8. The van der Waals surface area contributed by atoms with Crippen LogP contribution in [0.15, 0.2) is 200 Å². The minimum Gasteiger partial charge on any atom is -0.456 e. The molecule has 0 radical (unpaired) electrons. The molecule has 4 heteroatoms. The molecular weight excluding hydrogens is 695 g/mol. The second-order valence-corrected chi connectivity index (χ2v) is 14.3. The van der Waals surface area contributed by atoms with Crippen LogP contribution < -0.4 is 4.74 Å². The van der Waals surface area contributed by atoms with Gasteiger partial charge in [0.25, 0.3) is 0 Å². The van der Waals surface area contributed by atoms with Gasteiger partial charge in [-0.2, -0.15) is 0 Å². The second-order valence-electron chi connectivity index (χ2n) is 14.3. The molecule has 57 heavy (non-hydrogen) atoms. The summed E-state index contributed by atoms with van der Waals surface area (Å²) in [7, 11) is 0. The maximum Gasteiger partial charge on any atom is 0.164 e. The molecule has 0 amide bonds. The first-order valence-corrected chi connectivity index (χ1v) is 19.2. The summed E-state index contributed by atoms with van der Waals surface area (Å²) in [5, 5.41) is 4.42. The lowest BCUT2D eigenvalue weighted by Crippen LogP contribution is -2.04. The fourth-order valence-corrected chi connectivity index (χ4v) is 8.31. The Balaban J connectivity index is 1.11. The average molecular weight is 728 g/mol. The molecule has 0 spiro atoms. The van der Waals surface area contributed by atoms with Crippen molar-refractivity contribution in [3.05, 3.63) is 200 Å². The number of rotatable bonds is 6. The van der Waals surface area contributed by atoms with Crippen molar-refractivity contribution in [2.75, 3.05) is 0 Å². The van der Waals surface area contributed by atoms with E-state index in [-0.39, 0.29) is 0 Å². The van der Waals surface area contributed by atoms with Crippen molar-refractivity contribution in [2.45, 2.75) is 0 Å². The van der Waals surface area contributed by atoms with E-state index in [4.69, 9.17) is 19.7 Å². The monoisotopic (exact) mass is 727 g/mol. The average Bonchev–Trinajstić information content (AvgIpc) is 3.29. The van der Waals surface area contributed by atoms with Gasteiger partial charge in [0.15, 0.2) is 17.5 Å². The first kappa shape index (κ1) is 32.7. The lowest BCUT2D eigenvalue weighted by Gasteiger charge is -2.24. The number of aromatic nitrogens is 3. The molecule has 0 fully saturated rings. The highest BCUT2D eigenvalue weighted by Gasteiger charge is 2.26. The van der Waals surface area contributed by atoms with Crippen LogP contribution in [0.5, 0.6) is 11.5 Å². The molecule has 0 bridgehead atoms. The van der Waals surface area contributed by atoms with Gasteiger partial charge in [-0.15, -0.1) is 0 Å². The van der Waals surface area contributed by atoms with E-state index < -0.39 is 0 Å². The van der Waals surface area contributed by atoms with E-state index in [1.54, 1.807) is 0 Å². The van der Waals surface area contributed by atoms with Crippen molar-refractivity contribution in [3.63, 3.8) is 0 Å². The van der Waals surface area contributed by atoms with E-state index in [2.05, 4.69) is 152 Å². The van der Waals surface area contributed by atoms with Crippen molar-refractivity contribution in [3.8, 4) is 90.2 Å². The zero-order valence-electron chi connectivity index (χ0n) is 30.8. The standard InChI is InChI=1S/C53H33N3O/c1-4-15-34(16-5-1)37-21-12-22-38(33-37)40-31-32-48-49-43(40)25-13-26-45(49)50-46(27-14-28-47(50)57-48)53-55-51(36-19-8-3-9-20-36)54-52(56-53)44-30-29-39(35-17-6-2-7-18-35)41-23-10-11-24-42(41)44/h1-33H. The molecule has 2 heterocycles.